The Morgan fingerprint density at radius 3 is 2.56 bits per heavy atom. The van der Waals surface area contributed by atoms with E-state index in [2.05, 4.69) is 20.7 Å². The van der Waals surface area contributed by atoms with Gasteiger partial charge in [0.25, 0.3) is 11.8 Å². The zero-order valence-electron chi connectivity index (χ0n) is 14.1. The third kappa shape index (κ3) is 4.54. The van der Waals surface area contributed by atoms with Crippen LogP contribution in [-0.2, 0) is 4.79 Å². The molecule has 3 amide bonds. The van der Waals surface area contributed by atoms with Crippen LogP contribution in [0.3, 0.4) is 0 Å². The van der Waals surface area contributed by atoms with Crippen molar-refractivity contribution in [2.45, 2.75) is 0 Å². The smallest absolute Gasteiger partial charge is 0.257 e. The molecule has 0 saturated heterocycles. The van der Waals surface area contributed by atoms with Crippen LogP contribution in [0.2, 0.25) is 0 Å². The molecule has 9 heteroatoms. The fraction of sp³-hybridized carbons (Fsp3) is 0.0556. The van der Waals surface area contributed by atoms with Crippen molar-refractivity contribution in [3.05, 3.63) is 72.2 Å². The zero-order valence-corrected chi connectivity index (χ0v) is 14.1. The number of primary amides is 1. The fourth-order valence-electron chi connectivity index (χ4n) is 2.27. The molecule has 27 heavy (non-hydrogen) atoms. The van der Waals surface area contributed by atoms with Gasteiger partial charge >= 0.3 is 0 Å². The van der Waals surface area contributed by atoms with Crippen LogP contribution in [0.5, 0.6) is 0 Å². The summed E-state index contributed by atoms with van der Waals surface area (Å²) in [6.45, 7) is -0.260. The highest BCUT2D eigenvalue weighted by Crippen LogP contribution is 2.13. The molecule has 3 aromatic rings. The first kappa shape index (κ1) is 17.8. The van der Waals surface area contributed by atoms with Crippen LogP contribution in [0.25, 0.3) is 5.82 Å². The van der Waals surface area contributed by atoms with Crippen LogP contribution in [0.15, 0.2) is 61.1 Å². The average molecular weight is 364 g/mol. The summed E-state index contributed by atoms with van der Waals surface area (Å²) in [4.78, 5) is 39.3. The van der Waals surface area contributed by atoms with E-state index in [1.165, 1.54) is 12.3 Å². The van der Waals surface area contributed by atoms with E-state index in [0.29, 0.717) is 22.6 Å². The molecule has 3 rings (SSSR count). The largest absolute Gasteiger partial charge is 0.368 e. The van der Waals surface area contributed by atoms with Crippen LogP contribution in [-0.4, -0.2) is 39.0 Å². The number of nitrogens with zero attached hydrogens (tertiary/aromatic N) is 3. The quantitative estimate of drug-likeness (QED) is 0.593. The molecular weight excluding hydrogens is 348 g/mol. The second kappa shape index (κ2) is 7.91. The summed E-state index contributed by atoms with van der Waals surface area (Å²) >= 11 is 0. The maximum absolute atomic E-state index is 12.4. The summed E-state index contributed by atoms with van der Waals surface area (Å²) in [5.41, 5.74) is 6.08. The first-order valence-corrected chi connectivity index (χ1v) is 7.97. The molecular formula is C18H16N6O3. The van der Waals surface area contributed by atoms with Gasteiger partial charge in [-0.25, -0.2) is 9.67 Å². The minimum Gasteiger partial charge on any atom is -0.368 e. The second-order valence-corrected chi connectivity index (χ2v) is 5.54. The van der Waals surface area contributed by atoms with E-state index in [-0.39, 0.29) is 12.5 Å². The van der Waals surface area contributed by atoms with Gasteiger partial charge in [-0.2, -0.15) is 5.10 Å². The van der Waals surface area contributed by atoms with E-state index in [0.717, 1.165) is 0 Å². The molecule has 2 heterocycles. The summed E-state index contributed by atoms with van der Waals surface area (Å²) in [6, 6.07) is 11.4. The summed E-state index contributed by atoms with van der Waals surface area (Å²) in [5.74, 6) is -0.886. The van der Waals surface area contributed by atoms with E-state index in [9.17, 15) is 14.4 Å². The number of amides is 3. The number of carbonyl (C=O) groups excluding carboxylic acids is 3. The predicted octanol–water partition coefficient (Wildman–Crippen LogP) is 0.735. The lowest BCUT2D eigenvalue weighted by Crippen LogP contribution is -2.33. The van der Waals surface area contributed by atoms with Crippen molar-refractivity contribution in [3.8, 4) is 5.82 Å². The predicted molar refractivity (Wildman–Crippen MR) is 97.3 cm³/mol. The van der Waals surface area contributed by atoms with Gasteiger partial charge in [0.05, 0.1) is 12.1 Å². The Labute approximate surface area is 154 Å². The lowest BCUT2D eigenvalue weighted by atomic mass is 10.1. The van der Waals surface area contributed by atoms with Crippen molar-refractivity contribution >= 4 is 23.4 Å². The Morgan fingerprint density at radius 2 is 1.89 bits per heavy atom. The Morgan fingerprint density at radius 1 is 1.04 bits per heavy atom. The zero-order chi connectivity index (χ0) is 19.2. The van der Waals surface area contributed by atoms with Gasteiger partial charge in [0.2, 0.25) is 5.91 Å². The van der Waals surface area contributed by atoms with Gasteiger partial charge < -0.3 is 16.4 Å². The summed E-state index contributed by atoms with van der Waals surface area (Å²) < 4.78 is 1.58. The van der Waals surface area contributed by atoms with Gasteiger partial charge in [-0.05, 0) is 36.4 Å². The number of rotatable bonds is 6. The summed E-state index contributed by atoms with van der Waals surface area (Å²) in [5, 5.41) is 9.15. The summed E-state index contributed by atoms with van der Waals surface area (Å²) in [6.07, 6.45) is 4.82. The number of pyridine rings is 1. The van der Waals surface area contributed by atoms with Crippen molar-refractivity contribution < 1.29 is 14.4 Å². The molecule has 0 spiro atoms. The molecule has 136 valence electrons. The van der Waals surface area contributed by atoms with Gasteiger partial charge in [0, 0.05) is 29.8 Å². The highest BCUT2D eigenvalue weighted by molar-refractivity contribution is 6.05. The van der Waals surface area contributed by atoms with Crippen LogP contribution in [0, 0.1) is 0 Å². The van der Waals surface area contributed by atoms with E-state index in [1.54, 1.807) is 53.5 Å². The number of benzene rings is 1. The summed E-state index contributed by atoms with van der Waals surface area (Å²) in [7, 11) is 0. The number of hydrogen-bond donors (Lipinski definition) is 3. The van der Waals surface area contributed by atoms with Gasteiger partial charge in [0.1, 0.15) is 0 Å². The first-order chi connectivity index (χ1) is 13.0. The minimum atomic E-state index is -0.640. The standard InChI is InChI=1S/C18H16N6O3/c19-15(25)11-21-17(26)12-3-1-4-14(9-12)23-18(27)13-5-6-16(20-10-13)24-8-2-7-22-24/h1-10H,11H2,(H2,19,25)(H,21,26)(H,23,27). The van der Waals surface area contributed by atoms with Gasteiger partial charge in [-0.15, -0.1) is 0 Å². The molecule has 0 fully saturated rings. The molecule has 0 aliphatic carbocycles. The molecule has 0 unspecified atom stereocenters. The van der Waals surface area contributed by atoms with Crippen LogP contribution < -0.4 is 16.4 Å². The molecule has 0 atom stereocenters. The van der Waals surface area contributed by atoms with E-state index in [4.69, 9.17) is 5.73 Å². The number of carbonyl (C=O) groups is 3. The molecule has 4 N–H and O–H groups in total. The number of nitrogens with two attached hydrogens (primary N) is 1. The van der Waals surface area contributed by atoms with Gasteiger partial charge in [0.15, 0.2) is 5.82 Å². The molecule has 0 radical (unpaired) electrons. The fourth-order valence-corrected chi connectivity index (χ4v) is 2.27. The minimum absolute atomic E-state index is 0.260. The van der Waals surface area contributed by atoms with Crippen LogP contribution in [0.4, 0.5) is 5.69 Å². The Bertz CT molecular complexity index is 967. The van der Waals surface area contributed by atoms with Crippen molar-refractivity contribution in [2.24, 2.45) is 5.73 Å². The molecule has 0 aliphatic heterocycles. The van der Waals surface area contributed by atoms with E-state index < -0.39 is 11.8 Å². The van der Waals surface area contributed by atoms with Crippen LogP contribution in [0.1, 0.15) is 20.7 Å². The van der Waals surface area contributed by atoms with Crippen molar-refractivity contribution in [1.82, 2.24) is 20.1 Å². The molecule has 2 aromatic heterocycles. The normalized spacial score (nSPS) is 10.2. The SMILES string of the molecule is NC(=O)CNC(=O)c1cccc(NC(=O)c2ccc(-n3cccn3)nc2)c1. The Kier molecular flexibility index (Phi) is 5.22. The van der Waals surface area contributed by atoms with Crippen molar-refractivity contribution in [2.75, 3.05) is 11.9 Å². The highest BCUT2D eigenvalue weighted by atomic mass is 16.2. The van der Waals surface area contributed by atoms with E-state index >= 15 is 0 Å². The molecule has 9 nitrogen and oxygen atoms in total. The highest BCUT2D eigenvalue weighted by Gasteiger charge is 2.10. The number of nitrogens with one attached hydrogen (secondary N) is 2. The number of hydrogen-bond acceptors (Lipinski definition) is 5. The lowest BCUT2D eigenvalue weighted by Gasteiger charge is -2.08. The molecule has 0 saturated carbocycles. The van der Waals surface area contributed by atoms with E-state index in [1.807, 2.05) is 0 Å². The monoisotopic (exact) mass is 364 g/mol. The Balaban J connectivity index is 1.68. The molecule has 0 bridgehead atoms. The first-order valence-electron chi connectivity index (χ1n) is 7.97. The topological polar surface area (TPSA) is 132 Å². The maximum atomic E-state index is 12.4. The van der Waals surface area contributed by atoms with Crippen LogP contribution >= 0.6 is 0 Å². The molecule has 0 aliphatic rings. The third-order valence-electron chi connectivity index (χ3n) is 3.55. The van der Waals surface area contributed by atoms with Gasteiger partial charge in [-0.1, -0.05) is 6.07 Å². The number of aromatic nitrogens is 3. The van der Waals surface area contributed by atoms with Crippen molar-refractivity contribution in [1.29, 1.82) is 0 Å². The molecule has 1 aromatic carbocycles. The lowest BCUT2D eigenvalue weighted by molar-refractivity contribution is -0.117. The average Bonchev–Trinajstić information content (AvgIpc) is 3.21. The number of anilines is 1. The maximum Gasteiger partial charge on any atom is 0.257 e. The van der Waals surface area contributed by atoms with Gasteiger partial charge in [-0.3, -0.25) is 14.4 Å². The third-order valence-corrected chi connectivity index (χ3v) is 3.55. The Hall–Kier alpha value is -4.01. The van der Waals surface area contributed by atoms with Crippen molar-refractivity contribution in [3.63, 3.8) is 0 Å². The second-order valence-electron chi connectivity index (χ2n) is 5.54.